The highest BCUT2D eigenvalue weighted by molar-refractivity contribution is 6.24. The molecule has 5 heteroatoms. The second-order valence-electron chi connectivity index (χ2n) is 14.0. The maximum absolute atomic E-state index is 10.2. The van der Waals surface area contributed by atoms with Crippen LogP contribution in [0.4, 0.5) is 0 Å². The van der Waals surface area contributed by atoms with Gasteiger partial charge >= 0.3 is 0 Å². The highest BCUT2D eigenvalue weighted by atomic mass is 16.3. The van der Waals surface area contributed by atoms with Gasteiger partial charge in [0.05, 0.1) is 50.7 Å². The number of nitrogens with zero attached hydrogens (tertiary/aromatic N) is 4. The SMILES string of the molecule is N#Cc1cccc(-c2cc(-c3cc(-n4c5ccccc5c5ccccc54)cc(-n4c5ccccc5c5c6oc7ccccc7c6ccc54)c3)ccc2C#N)c1. The molecule has 0 N–H and O–H groups in total. The molecule has 0 radical (unpaired) electrons. The van der Waals surface area contributed by atoms with Crippen LogP contribution >= 0.6 is 0 Å². The van der Waals surface area contributed by atoms with E-state index >= 15 is 0 Å². The smallest absolute Gasteiger partial charge is 0.145 e. The van der Waals surface area contributed by atoms with Crippen molar-refractivity contribution in [1.29, 1.82) is 10.5 Å². The van der Waals surface area contributed by atoms with Crippen molar-refractivity contribution in [2.24, 2.45) is 0 Å². The van der Waals surface area contributed by atoms with E-state index in [1.165, 1.54) is 10.8 Å². The lowest BCUT2D eigenvalue weighted by Crippen LogP contribution is -2.00. The summed E-state index contributed by atoms with van der Waals surface area (Å²) in [5.41, 5.74) is 12.8. The van der Waals surface area contributed by atoms with Crippen molar-refractivity contribution >= 4 is 65.6 Å². The van der Waals surface area contributed by atoms with Gasteiger partial charge in [-0.3, -0.25) is 0 Å². The minimum absolute atomic E-state index is 0.548. The van der Waals surface area contributed by atoms with Crippen molar-refractivity contribution in [1.82, 2.24) is 9.13 Å². The molecule has 0 aliphatic heterocycles. The lowest BCUT2D eigenvalue weighted by atomic mass is 9.94. The Balaban J connectivity index is 1.24. The molecule has 11 rings (SSSR count). The lowest BCUT2D eigenvalue weighted by molar-refractivity contribution is 0.673. The minimum Gasteiger partial charge on any atom is -0.455 e. The molecule has 0 aliphatic rings. The number of hydrogen-bond donors (Lipinski definition) is 0. The van der Waals surface area contributed by atoms with Crippen LogP contribution in [0.2, 0.25) is 0 Å². The number of aromatic nitrogens is 2. The molecule has 8 aromatic carbocycles. The molecular weight excluding hydrogens is 673 g/mol. The standard InChI is InChI=1S/C50H28N4O/c51-29-31-10-9-11-33(24-31)43-27-32(20-21-34(43)30-52)35-25-36(53-44-16-5-1-12-38(44)39-13-2-6-17-45(39)53)28-37(26-35)54-46-18-7-3-15-42(46)49-47(54)23-22-41-40-14-4-8-19-48(40)55-50(41)49/h1-28H. The third-order valence-electron chi connectivity index (χ3n) is 11.0. The molecule has 0 unspecified atom stereocenters. The summed E-state index contributed by atoms with van der Waals surface area (Å²) >= 11 is 0. The quantitative estimate of drug-likeness (QED) is 0.183. The molecular formula is C50H28N4O. The van der Waals surface area contributed by atoms with Crippen molar-refractivity contribution in [2.75, 3.05) is 0 Å². The Bertz CT molecular complexity index is 3420. The van der Waals surface area contributed by atoms with E-state index in [1.807, 2.05) is 42.5 Å². The van der Waals surface area contributed by atoms with Crippen LogP contribution in [0.3, 0.4) is 0 Å². The van der Waals surface area contributed by atoms with E-state index in [0.717, 1.165) is 88.4 Å². The summed E-state index contributed by atoms with van der Waals surface area (Å²) in [6.45, 7) is 0. The lowest BCUT2D eigenvalue weighted by Gasteiger charge is -2.16. The summed E-state index contributed by atoms with van der Waals surface area (Å²) in [5.74, 6) is 0. The van der Waals surface area contributed by atoms with Gasteiger partial charge in [0, 0.05) is 43.9 Å². The van der Waals surface area contributed by atoms with Crippen molar-refractivity contribution in [3.05, 3.63) is 181 Å². The molecule has 0 spiro atoms. The van der Waals surface area contributed by atoms with Crippen molar-refractivity contribution < 1.29 is 4.42 Å². The fourth-order valence-corrected chi connectivity index (χ4v) is 8.55. The van der Waals surface area contributed by atoms with Gasteiger partial charge in [-0.05, 0) is 95.6 Å². The fourth-order valence-electron chi connectivity index (χ4n) is 8.55. The van der Waals surface area contributed by atoms with Crippen LogP contribution in [0.15, 0.2) is 174 Å². The number of benzene rings is 8. The Morgan fingerprint density at radius 1 is 0.418 bits per heavy atom. The highest BCUT2D eigenvalue weighted by Crippen LogP contribution is 2.42. The summed E-state index contributed by atoms with van der Waals surface area (Å²) in [4.78, 5) is 0. The average Bonchev–Trinajstić information content (AvgIpc) is 3.91. The number of furan rings is 1. The van der Waals surface area contributed by atoms with Crippen LogP contribution < -0.4 is 0 Å². The number of para-hydroxylation sites is 4. The van der Waals surface area contributed by atoms with Gasteiger partial charge in [-0.1, -0.05) is 91.0 Å². The zero-order chi connectivity index (χ0) is 36.6. The predicted octanol–water partition coefficient (Wildman–Crippen LogP) is 12.9. The van der Waals surface area contributed by atoms with Gasteiger partial charge < -0.3 is 13.6 Å². The Hall–Kier alpha value is -7.86. The predicted molar refractivity (Wildman–Crippen MR) is 223 cm³/mol. The van der Waals surface area contributed by atoms with E-state index in [9.17, 15) is 10.5 Å². The van der Waals surface area contributed by atoms with E-state index in [2.05, 4.69) is 143 Å². The summed E-state index contributed by atoms with van der Waals surface area (Å²) in [6.07, 6.45) is 0. The fraction of sp³-hybridized carbons (Fsp3) is 0. The third-order valence-corrected chi connectivity index (χ3v) is 11.0. The molecule has 0 aliphatic carbocycles. The van der Waals surface area contributed by atoms with Gasteiger partial charge in [-0.2, -0.15) is 10.5 Å². The molecule has 0 atom stereocenters. The van der Waals surface area contributed by atoms with Crippen molar-refractivity contribution in [3.63, 3.8) is 0 Å². The van der Waals surface area contributed by atoms with Gasteiger partial charge in [0.2, 0.25) is 0 Å². The topological polar surface area (TPSA) is 70.6 Å². The Morgan fingerprint density at radius 2 is 1.05 bits per heavy atom. The molecule has 11 aromatic rings. The molecule has 0 fully saturated rings. The zero-order valence-electron chi connectivity index (χ0n) is 29.4. The van der Waals surface area contributed by atoms with Crippen LogP contribution in [0.1, 0.15) is 11.1 Å². The molecule has 3 heterocycles. The first-order chi connectivity index (χ1) is 27.2. The van der Waals surface area contributed by atoms with E-state index < -0.39 is 0 Å². The monoisotopic (exact) mass is 700 g/mol. The molecule has 0 saturated carbocycles. The Labute approximate surface area is 315 Å². The molecule has 254 valence electrons. The number of hydrogen-bond acceptors (Lipinski definition) is 3. The van der Waals surface area contributed by atoms with Gasteiger partial charge in [0.15, 0.2) is 0 Å². The van der Waals surface area contributed by atoms with Gasteiger partial charge in [-0.15, -0.1) is 0 Å². The molecule has 0 saturated heterocycles. The van der Waals surface area contributed by atoms with Gasteiger partial charge in [0.1, 0.15) is 11.2 Å². The number of fused-ring (bicyclic) bond motifs is 10. The van der Waals surface area contributed by atoms with E-state index in [1.54, 1.807) is 6.07 Å². The molecule has 5 nitrogen and oxygen atoms in total. The summed E-state index contributed by atoms with van der Waals surface area (Å²) in [5, 5.41) is 26.6. The second kappa shape index (κ2) is 11.8. The summed E-state index contributed by atoms with van der Waals surface area (Å²) in [7, 11) is 0. The molecule has 55 heavy (non-hydrogen) atoms. The normalized spacial score (nSPS) is 11.6. The molecule has 0 amide bonds. The number of nitriles is 2. The largest absolute Gasteiger partial charge is 0.455 e. The first-order valence-electron chi connectivity index (χ1n) is 18.2. The maximum atomic E-state index is 10.2. The minimum atomic E-state index is 0.548. The maximum Gasteiger partial charge on any atom is 0.145 e. The van der Waals surface area contributed by atoms with Crippen LogP contribution in [0, 0.1) is 22.7 Å². The first kappa shape index (κ1) is 30.7. The average molecular weight is 701 g/mol. The van der Waals surface area contributed by atoms with Crippen molar-refractivity contribution in [2.45, 2.75) is 0 Å². The highest BCUT2D eigenvalue weighted by Gasteiger charge is 2.21. The van der Waals surface area contributed by atoms with E-state index in [4.69, 9.17) is 4.42 Å². The zero-order valence-corrected chi connectivity index (χ0v) is 29.4. The third kappa shape index (κ3) is 4.58. The second-order valence-corrected chi connectivity index (χ2v) is 14.0. The number of rotatable bonds is 4. The van der Waals surface area contributed by atoms with E-state index in [0.29, 0.717) is 11.1 Å². The van der Waals surface area contributed by atoms with Gasteiger partial charge in [-0.25, -0.2) is 0 Å². The van der Waals surface area contributed by atoms with Gasteiger partial charge in [0.25, 0.3) is 0 Å². The molecule has 3 aromatic heterocycles. The van der Waals surface area contributed by atoms with Crippen molar-refractivity contribution in [3.8, 4) is 45.8 Å². The Morgan fingerprint density at radius 3 is 1.76 bits per heavy atom. The van der Waals surface area contributed by atoms with Crippen LogP contribution in [0.5, 0.6) is 0 Å². The first-order valence-corrected chi connectivity index (χ1v) is 18.2. The summed E-state index contributed by atoms with van der Waals surface area (Å²) < 4.78 is 11.3. The van der Waals surface area contributed by atoms with E-state index in [-0.39, 0.29) is 0 Å². The van der Waals surface area contributed by atoms with Crippen LogP contribution in [-0.2, 0) is 0 Å². The van der Waals surface area contributed by atoms with Crippen LogP contribution in [0.25, 0.3) is 99.2 Å². The van der Waals surface area contributed by atoms with Crippen LogP contribution in [-0.4, -0.2) is 9.13 Å². The Kier molecular flexibility index (Phi) is 6.61. The molecule has 0 bridgehead atoms. The summed E-state index contributed by atoms with van der Waals surface area (Å²) in [6, 6.07) is 63.1.